The molecular weight excluding hydrogens is 516 g/mol. The smallest absolute Gasteiger partial charge is 0.305 e. The third-order valence-corrected chi connectivity index (χ3v) is 5.31. The summed E-state index contributed by atoms with van der Waals surface area (Å²) in [5.74, 6) is -14.2. The van der Waals surface area contributed by atoms with Crippen LogP contribution in [0.3, 0.4) is 0 Å². The molecule has 0 spiro atoms. The quantitative estimate of drug-likeness (QED) is 0.203. The highest BCUT2D eigenvalue weighted by Gasteiger charge is 2.29. The van der Waals surface area contributed by atoms with E-state index >= 15 is 0 Å². The van der Waals surface area contributed by atoms with Gasteiger partial charge in [-0.25, -0.2) is 8.78 Å². The molecule has 13 heteroatoms. The van der Waals surface area contributed by atoms with Crippen LogP contribution in [0.1, 0.15) is 30.3 Å². The van der Waals surface area contributed by atoms with Gasteiger partial charge < -0.3 is 19.7 Å². The second kappa shape index (κ2) is 12.1. The lowest BCUT2D eigenvalue weighted by Crippen LogP contribution is -2.46. The monoisotopic (exact) mass is 536 g/mol. The molecule has 0 bridgehead atoms. The first-order valence-electron chi connectivity index (χ1n) is 11.0. The molecule has 0 aliphatic heterocycles. The van der Waals surface area contributed by atoms with Crippen LogP contribution in [0, 0.1) is 29.2 Å². The summed E-state index contributed by atoms with van der Waals surface area (Å²) < 4.78 is 63.8. The van der Waals surface area contributed by atoms with Crippen LogP contribution < -0.4 is 10.1 Å². The summed E-state index contributed by atoms with van der Waals surface area (Å²) >= 11 is 0. The van der Waals surface area contributed by atoms with Crippen LogP contribution in [-0.4, -0.2) is 46.4 Å². The lowest BCUT2D eigenvalue weighted by atomic mass is 10.0. The Morgan fingerprint density at radius 3 is 2.24 bits per heavy atom. The predicted octanol–water partition coefficient (Wildman–Crippen LogP) is 3.71. The van der Waals surface area contributed by atoms with Crippen molar-refractivity contribution < 1.29 is 51.1 Å². The summed E-state index contributed by atoms with van der Waals surface area (Å²) in [6, 6.07) is 8.42. The van der Waals surface area contributed by atoms with Gasteiger partial charge in [0.25, 0.3) is 0 Å². The lowest BCUT2D eigenvalue weighted by Gasteiger charge is -2.19. The molecule has 2 atom stereocenters. The molecule has 2 N–H and O–H groups in total. The minimum atomic E-state index is -1.90. The number of carboxylic acids is 1. The van der Waals surface area contributed by atoms with Crippen molar-refractivity contribution in [1.29, 1.82) is 0 Å². The molecule has 0 saturated heterocycles. The summed E-state index contributed by atoms with van der Waals surface area (Å²) in [5, 5.41) is 15.0. The van der Waals surface area contributed by atoms with Gasteiger partial charge in [0.05, 0.1) is 6.42 Å². The maximum absolute atomic E-state index is 13.8. The van der Waals surface area contributed by atoms with Crippen LogP contribution in [0.4, 0.5) is 17.6 Å². The molecular formula is C25H20F4N2O7. The van der Waals surface area contributed by atoms with Gasteiger partial charge in [-0.1, -0.05) is 42.4 Å². The first-order chi connectivity index (χ1) is 18.0. The molecule has 38 heavy (non-hydrogen) atoms. The Labute approximate surface area is 212 Å². The number of carbonyl (C=O) groups is 4. The number of amides is 1. The highest BCUT2D eigenvalue weighted by Crippen LogP contribution is 2.26. The third-order valence-electron chi connectivity index (χ3n) is 5.31. The van der Waals surface area contributed by atoms with Crippen molar-refractivity contribution in [3.05, 3.63) is 71.5 Å². The van der Waals surface area contributed by atoms with E-state index in [9.17, 15) is 36.7 Å². The number of benzene rings is 2. The molecule has 3 aromatic rings. The van der Waals surface area contributed by atoms with E-state index in [1.54, 1.807) is 30.3 Å². The van der Waals surface area contributed by atoms with Gasteiger partial charge in [0.1, 0.15) is 18.3 Å². The summed E-state index contributed by atoms with van der Waals surface area (Å²) in [7, 11) is 0. The Morgan fingerprint density at radius 2 is 1.63 bits per heavy atom. The molecule has 0 saturated carbocycles. The van der Waals surface area contributed by atoms with Crippen LogP contribution in [0.2, 0.25) is 0 Å². The fourth-order valence-electron chi connectivity index (χ4n) is 3.28. The van der Waals surface area contributed by atoms with Crippen LogP contribution in [0.15, 0.2) is 47.0 Å². The molecule has 1 aromatic heterocycles. The second-order valence-electron chi connectivity index (χ2n) is 8.18. The zero-order valence-electron chi connectivity index (χ0n) is 19.7. The van der Waals surface area contributed by atoms with Gasteiger partial charge in [-0.15, -0.1) is 0 Å². The maximum Gasteiger partial charge on any atom is 0.305 e. The summed E-state index contributed by atoms with van der Waals surface area (Å²) in [4.78, 5) is 48.8. The Bertz CT molecular complexity index is 1330. The number of aromatic nitrogens is 1. The molecule has 0 fully saturated rings. The van der Waals surface area contributed by atoms with Crippen molar-refractivity contribution in [1.82, 2.24) is 10.5 Å². The fourth-order valence-corrected chi connectivity index (χ4v) is 3.28. The van der Waals surface area contributed by atoms with Gasteiger partial charge in [-0.2, -0.15) is 8.78 Å². The minimum absolute atomic E-state index is 0.0588. The van der Waals surface area contributed by atoms with E-state index in [-0.39, 0.29) is 11.8 Å². The van der Waals surface area contributed by atoms with Crippen molar-refractivity contribution in [2.75, 3.05) is 6.61 Å². The molecule has 200 valence electrons. The number of carbonyl (C=O) groups excluding carboxylic acids is 3. The van der Waals surface area contributed by atoms with Crippen LogP contribution in [-0.2, 0) is 14.4 Å². The Balaban J connectivity index is 1.63. The first kappa shape index (κ1) is 28.0. The second-order valence-corrected chi connectivity index (χ2v) is 8.18. The van der Waals surface area contributed by atoms with E-state index in [1.807, 2.05) is 0 Å². The van der Waals surface area contributed by atoms with Crippen molar-refractivity contribution in [2.45, 2.75) is 25.8 Å². The number of hydrogen-bond donors (Lipinski definition) is 2. The van der Waals surface area contributed by atoms with E-state index in [4.69, 9.17) is 9.63 Å². The van der Waals surface area contributed by atoms with Crippen LogP contribution in [0.25, 0.3) is 11.3 Å². The predicted molar refractivity (Wildman–Crippen MR) is 121 cm³/mol. The molecule has 0 unspecified atom stereocenters. The average Bonchev–Trinajstić information content (AvgIpc) is 3.38. The summed E-state index contributed by atoms with van der Waals surface area (Å²) in [6.45, 7) is 0.114. The van der Waals surface area contributed by atoms with Gasteiger partial charge in [-0.05, 0) is 0 Å². The van der Waals surface area contributed by atoms with Gasteiger partial charge in [0.15, 0.2) is 23.2 Å². The Kier molecular flexibility index (Phi) is 8.94. The van der Waals surface area contributed by atoms with E-state index in [1.165, 1.54) is 13.0 Å². The van der Waals surface area contributed by atoms with Crippen LogP contribution >= 0.6 is 0 Å². The topological polar surface area (TPSA) is 136 Å². The van der Waals surface area contributed by atoms with Gasteiger partial charge in [-0.3, -0.25) is 19.2 Å². The highest BCUT2D eigenvalue weighted by atomic mass is 19.2. The lowest BCUT2D eigenvalue weighted by molar-refractivity contribution is -0.140. The number of ketones is 2. The number of rotatable bonds is 12. The third kappa shape index (κ3) is 6.81. The Morgan fingerprint density at radius 1 is 1.00 bits per heavy atom. The summed E-state index contributed by atoms with van der Waals surface area (Å²) in [5.41, 5.74) is 1.09. The zero-order chi connectivity index (χ0) is 28.0. The van der Waals surface area contributed by atoms with E-state index in [0.717, 1.165) is 0 Å². The first-order valence-corrected chi connectivity index (χ1v) is 11.0. The van der Waals surface area contributed by atoms with Gasteiger partial charge in [0.2, 0.25) is 29.1 Å². The molecule has 0 aliphatic carbocycles. The number of aliphatic carboxylic acids is 1. The Hall–Kier alpha value is -4.55. The van der Waals surface area contributed by atoms with Crippen molar-refractivity contribution in [2.24, 2.45) is 5.92 Å². The number of hydrogen-bond acceptors (Lipinski definition) is 7. The van der Waals surface area contributed by atoms with Gasteiger partial charge >= 0.3 is 5.97 Å². The van der Waals surface area contributed by atoms with E-state index < -0.39 is 83.9 Å². The summed E-state index contributed by atoms with van der Waals surface area (Å²) in [6.07, 6.45) is -1.33. The standard InChI is InChI=1S/C25H20F4N2O7/c1-12(7-18(32)20-9-16(31-38-20)13-5-3-2-4-6-13)25(36)30-17(10-21(34)35)19(33)11-37-24-22(28)14(26)8-15(27)23(24)29/h2-6,8-9,12,17H,7,10-11H2,1H3,(H,30,36)(H,34,35)/t12-,17+/m1/s1. The normalized spacial score (nSPS) is 12.4. The number of Topliss-reactive ketones (excluding diaryl/α,β-unsaturated/α-hetero) is 2. The van der Waals surface area contributed by atoms with E-state index in [0.29, 0.717) is 11.3 Å². The van der Waals surface area contributed by atoms with Crippen molar-refractivity contribution in [3.8, 4) is 17.0 Å². The van der Waals surface area contributed by atoms with Crippen LogP contribution in [0.5, 0.6) is 5.75 Å². The number of nitrogens with zero attached hydrogens (tertiary/aromatic N) is 1. The molecule has 2 aromatic carbocycles. The fraction of sp³-hybridized carbons (Fsp3) is 0.240. The molecule has 1 amide bonds. The SMILES string of the molecule is C[C@H](CC(=O)c1cc(-c2ccccc2)no1)C(=O)N[C@@H](CC(=O)O)C(=O)COc1c(F)c(F)cc(F)c1F. The minimum Gasteiger partial charge on any atom is -0.481 e. The number of carboxylic acid groups (broad SMARTS) is 1. The zero-order valence-corrected chi connectivity index (χ0v) is 19.7. The highest BCUT2D eigenvalue weighted by molar-refractivity contribution is 5.98. The van der Waals surface area contributed by atoms with Crippen molar-refractivity contribution in [3.63, 3.8) is 0 Å². The molecule has 0 aliphatic rings. The number of ether oxygens (including phenoxy) is 1. The largest absolute Gasteiger partial charge is 0.481 e. The van der Waals surface area contributed by atoms with Crippen molar-refractivity contribution >= 4 is 23.4 Å². The maximum atomic E-state index is 13.8. The average molecular weight is 536 g/mol. The molecule has 9 nitrogen and oxygen atoms in total. The van der Waals surface area contributed by atoms with Gasteiger partial charge in [0, 0.05) is 30.0 Å². The molecule has 1 heterocycles. The molecule has 3 rings (SSSR count). The molecule has 0 radical (unpaired) electrons. The number of nitrogens with one attached hydrogen (secondary N) is 1. The number of halogens is 4. The van der Waals surface area contributed by atoms with E-state index in [2.05, 4.69) is 15.2 Å².